The molecule has 0 aliphatic rings. The highest BCUT2D eigenvalue weighted by Crippen LogP contribution is 2.18. The molecule has 0 aliphatic carbocycles. The number of halogens is 2. The lowest BCUT2D eigenvalue weighted by Gasteiger charge is -2.05. The topological polar surface area (TPSA) is 0 Å². The summed E-state index contributed by atoms with van der Waals surface area (Å²) in [7, 11) is 0. The standard InChI is InChI=1S/C9H12F2.C2H6/c1-4-6-8(5-2)7(3)9(10)11;1-2/h4,6,9H,1,3,5H2,2H3;1-2H3/b8-6-;. The highest BCUT2D eigenvalue weighted by atomic mass is 19.3. The Kier molecular flexibility index (Phi) is 10.3. The molecule has 0 unspecified atom stereocenters. The Balaban J connectivity index is 0. The highest BCUT2D eigenvalue weighted by molar-refractivity contribution is 5.32. The Hall–Kier alpha value is -0.920. The minimum atomic E-state index is -2.46. The van der Waals surface area contributed by atoms with Crippen molar-refractivity contribution in [3.05, 3.63) is 36.5 Å². The van der Waals surface area contributed by atoms with Gasteiger partial charge in [-0.1, -0.05) is 46.1 Å². The van der Waals surface area contributed by atoms with Crippen molar-refractivity contribution in [2.24, 2.45) is 0 Å². The molecule has 0 spiro atoms. The molecule has 0 aromatic carbocycles. The molecule has 0 amide bonds. The molecule has 13 heavy (non-hydrogen) atoms. The van der Waals surface area contributed by atoms with Crippen molar-refractivity contribution in [3.63, 3.8) is 0 Å². The normalized spacial score (nSPS) is 10.5. The molecule has 0 aromatic rings. The monoisotopic (exact) mass is 188 g/mol. The second-order valence-electron chi connectivity index (χ2n) is 2.11. The van der Waals surface area contributed by atoms with Gasteiger partial charge in [-0.15, -0.1) is 0 Å². The largest absolute Gasteiger partial charge is 0.263 e. The summed E-state index contributed by atoms with van der Waals surface area (Å²) in [6.07, 6.45) is 1.16. The number of hydrogen-bond acceptors (Lipinski definition) is 0. The van der Waals surface area contributed by atoms with E-state index in [1.54, 1.807) is 6.08 Å². The van der Waals surface area contributed by atoms with Crippen LogP contribution in [0.1, 0.15) is 27.2 Å². The van der Waals surface area contributed by atoms with E-state index in [1.807, 2.05) is 20.8 Å². The molecule has 0 N–H and O–H groups in total. The van der Waals surface area contributed by atoms with Crippen LogP contribution in [0, 0.1) is 0 Å². The van der Waals surface area contributed by atoms with E-state index in [-0.39, 0.29) is 5.57 Å². The van der Waals surface area contributed by atoms with Gasteiger partial charge in [-0.25, -0.2) is 8.78 Å². The molecule has 0 saturated heterocycles. The zero-order chi connectivity index (χ0) is 10.9. The molecule has 0 heterocycles. The van der Waals surface area contributed by atoms with E-state index < -0.39 is 6.43 Å². The Morgan fingerprint density at radius 1 is 1.38 bits per heavy atom. The first-order valence-corrected chi connectivity index (χ1v) is 4.42. The second-order valence-corrected chi connectivity index (χ2v) is 2.11. The van der Waals surface area contributed by atoms with Crippen LogP contribution in [-0.4, -0.2) is 6.43 Å². The van der Waals surface area contributed by atoms with Gasteiger partial charge in [-0.05, 0) is 12.0 Å². The van der Waals surface area contributed by atoms with Gasteiger partial charge in [0.2, 0.25) is 0 Å². The molecular weight excluding hydrogens is 170 g/mol. The van der Waals surface area contributed by atoms with Crippen LogP contribution >= 0.6 is 0 Å². The summed E-state index contributed by atoms with van der Waals surface area (Å²) >= 11 is 0. The van der Waals surface area contributed by atoms with E-state index >= 15 is 0 Å². The minimum Gasteiger partial charge on any atom is -0.205 e. The summed E-state index contributed by atoms with van der Waals surface area (Å²) in [4.78, 5) is 0. The van der Waals surface area contributed by atoms with Gasteiger partial charge in [0, 0.05) is 5.57 Å². The predicted molar refractivity (Wildman–Crippen MR) is 55.1 cm³/mol. The number of allylic oxidation sites excluding steroid dienone is 4. The third-order valence-corrected chi connectivity index (χ3v) is 1.38. The third-order valence-electron chi connectivity index (χ3n) is 1.38. The maximum Gasteiger partial charge on any atom is 0.263 e. The van der Waals surface area contributed by atoms with Crippen molar-refractivity contribution in [1.82, 2.24) is 0 Å². The van der Waals surface area contributed by atoms with Crippen molar-refractivity contribution in [1.29, 1.82) is 0 Å². The van der Waals surface area contributed by atoms with Gasteiger partial charge in [0.1, 0.15) is 0 Å². The predicted octanol–water partition coefficient (Wildman–Crippen LogP) is 4.36. The maximum absolute atomic E-state index is 12.0. The molecule has 0 saturated carbocycles. The van der Waals surface area contributed by atoms with Crippen LogP contribution in [0.25, 0.3) is 0 Å². The fraction of sp³-hybridized carbons (Fsp3) is 0.455. The first kappa shape index (κ1) is 14.6. The van der Waals surface area contributed by atoms with Crippen LogP contribution in [0.2, 0.25) is 0 Å². The summed E-state index contributed by atoms with van der Waals surface area (Å²) < 4.78 is 24.0. The Morgan fingerprint density at radius 3 is 2.08 bits per heavy atom. The molecule has 0 aliphatic heterocycles. The Bertz CT molecular complexity index is 179. The summed E-state index contributed by atoms with van der Waals surface area (Å²) in [5.41, 5.74) is 0.461. The van der Waals surface area contributed by atoms with E-state index in [2.05, 4.69) is 13.2 Å². The van der Waals surface area contributed by atoms with Crippen LogP contribution in [0.3, 0.4) is 0 Å². The van der Waals surface area contributed by atoms with E-state index in [1.165, 1.54) is 6.08 Å². The molecule has 0 aromatic heterocycles. The lowest BCUT2D eigenvalue weighted by atomic mass is 10.1. The molecule has 0 fully saturated rings. The van der Waals surface area contributed by atoms with Gasteiger partial charge in [0.25, 0.3) is 6.43 Å². The molecule has 76 valence electrons. The second kappa shape index (κ2) is 9.17. The van der Waals surface area contributed by atoms with Gasteiger partial charge in [-0.2, -0.15) is 0 Å². The van der Waals surface area contributed by atoms with Crippen LogP contribution in [0.5, 0.6) is 0 Å². The smallest absolute Gasteiger partial charge is 0.205 e. The SMILES string of the molecule is C=C/C=C(/CC)C(=C)C(F)F.CC. The minimum absolute atomic E-state index is 0.104. The van der Waals surface area contributed by atoms with Crippen molar-refractivity contribution in [3.8, 4) is 0 Å². The van der Waals surface area contributed by atoms with Gasteiger partial charge >= 0.3 is 0 Å². The Morgan fingerprint density at radius 2 is 1.85 bits per heavy atom. The number of alkyl halides is 2. The first-order chi connectivity index (χ1) is 6.13. The highest BCUT2D eigenvalue weighted by Gasteiger charge is 2.10. The van der Waals surface area contributed by atoms with E-state index in [9.17, 15) is 8.78 Å². The zero-order valence-corrected chi connectivity index (χ0v) is 8.61. The first-order valence-electron chi connectivity index (χ1n) is 4.42. The van der Waals surface area contributed by atoms with Crippen LogP contribution in [0.4, 0.5) is 8.78 Å². The molecule has 0 radical (unpaired) electrons. The number of rotatable bonds is 4. The molecule has 0 bridgehead atoms. The van der Waals surface area contributed by atoms with Gasteiger partial charge in [-0.3, -0.25) is 0 Å². The number of hydrogen-bond donors (Lipinski definition) is 0. The molecule has 0 nitrogen and oxygen atoms in total. The van der Waals surface area contributed by atoms with Crippen LogP contribution in [-0.2, 0) is 0 Å². The van der Waals surface area contributed by atoms with Crippen LogP contribution < -0.4 is 0 Å². The van der Waals surface area contributed by atoms with E-state index in [0.29, 0.717) is 12.0 Å². The molecule has 0 rings (SSSR count). The molecule has 0 atom stereocenters. The quantitative estimate of drug-likeness (QED) is 0.575. The summed E-state index contributed by atoms with van der Waals surface area (Å²) in [5.74, 6) is 0. The average molecular weight is 188 g/mol. The molecular formula is C11H18F2. The fourth-order valence-electron chi connectivity index (χ4n) is 0.734. The average Bonchev–Trinajstić information content (AvgIpc) is 2.16. The lowest BCUT2D eigenvalue weighted by molar-refractivity contribution is 0.192. The van der Waals surface area contributed by atoms with Gasteiger partial charge in [0.05, 0.1) is 0 Å². The van der Waals surface area contributed by atoms with Crippen molar-refractivity contribution in [2.45, 2.75) is 33.6 Å². The zero-order valence-electron chi connectivity index (χ0n) is 8.61. The van der Waals surface area contributed by atoms with Gasteiger partial charge < -0.3 is 0 Å². The fourth-order valence-corrected chi connectivity index (χ4v) is 0.734. The summed E-state index contributed by atoms with van der Waals surface area (Å²) in [6.45, 7) is 12.5. The van der Waals surface area contributed by atoms with Crippen molar-refractivity contribution in [2.75, 3.05) is 0 Å². The summed E-state index contributed by atoms with van der Waals surface area (Å²) in [6, 6.07) is 0. The lowest BCUT2D eigenvalue weighted by Crippen LogP contribution is -1.97. The van der Waals surface area contributed by atoms with Crippen molar-refractivity contribution < 1.29 is 8.78 Å². The third kappa shape index (κ3) is 6.26. The van der Waals surface area contributed by atoms with Crippen LogP contribution in [0.15, 0.2) is 36.5 Å². The molecule has 2 heteroatoms. The van der Waals surface area contributed by atoms with E-state index in [4.69, 9.17) is 0 Å². The Labute approximate surface area is 79.7 Å². The van der Waals surface area contributed by atoms with Crippen molar-refractivity contribution >= 4 is 0 Å². The van der Waals surface area contributed by atoms with E-state index in [0.717, 1.165) is 0 Å². The maximum atomic E-state index is 12.0. The van der Waals surface area contributed by atoms with Gasteiger partial charge in [0.15, 0.2) is 0 Å². The summed E-state index contributed by atoms with van der Waals surface area (Å²) in [5, 5.41) is 0.